The summed E-state index contributed by atoms with van der Waals surface area (Å²) in [5.41, 5.74) is 4.46. The quantitative estimate of drug-likeness (QED) is 0.181. The lowest BCUT2D eigenvalue weighted by Gasteiger charge is -2.42. The number of rotatable bonds is 8. The number of nitrogens with one attached hydrogen (secondary N) is 2. The number of para-hydroxylation sites is 2. The number of carbonyl (C=O) groups excluding carboxylic acids is 3. The number of fused-ring (bicyclic) bond motifs is 3. The molecule has 2 fully saturated rings. The van der Waals surface area contributed by atoms with Gasteiger partial charge in [-0.05, 0) is 68.5 Å². The number of carbonyl (C=O) groups is 3. The van der Waals surface area contributed by atoms with E-state index in [9.17, 15) is 14.4 Å². The van der Waals surface area contributed by atoms with E-state index >= 15 is 0 Å². The van der Waals surface area contributed by atoms with Crippen molar-refractivity contribution in [3.63, 3.8) is 0 Å². The van der Waals surface area contributed by atoms with Crippen molar-refractivity contribution >= 4 is 68.4 Å². The molecule has 3 amide bonds. The topological polar surface area (TPSA) is 127 Å². The highest BCUT2D eigenvalue weighted by molar-refractivity contribution is 6.36. The predicted octanol–water partition coefficient (Wildman–Crippen LogP) is 6.65. The first kappa shape index (κ1) is 32.9. The summed E-state index contributed by atoms with van der Waals surface area (Å²) in [6, 6.07) is 22.5. The van der Waals surface area contributed by atoms with Crippen molar-refractivity contribution in [1.29, 1.82) is 0 Å². The standard InChI is InChI=1S/C38H34Cl2N8O3/c39-25-12-13-32(31(40)18-25)43-37(50)35-11-5-6-14-46(35)38(51)23-15-26(16-23)42-36(49)24-17-28(20-41-19-24)48-22-27(44-45-48)21-47-33-9-3-1-7-29(33)30-8-2-4-10-34(30)47/h1-4,7-10,12-13,17-20,22-23,26,35H,5-6,11,14-16,21H2,(H,42,49)(H,43,50). The summed E-state index contributed by atoms with van der Waals surface area (Å²) in [4.78, 5) is 46.1. The molecule has 0 bridgehead atoms. The molecule has 3 aromatic carbocycles. The van der Waals surface area contributed by atoms with Crippen LogP contribution in [0.5, 0.6) is 0 Å². The first-order valence-corrected chi connectivity index (χ1v) is 17.8. The lowest BCUT2D eigenvalue weighted by molar-refractivity contribution is -0.146. The normalized spacial score (nSPS) is 18.8. The third kappa shape index (κ3) is 6.55. The van der Waals surface area contributed by atoms with Gasteiger partial charge in [0, 0.05) is 51.5 Å². The highest BCUT2D eigenvalue weighted by Crippen LogP contribution is 2.33. The molecule has 258 valence electrons. The van der Waals surface area contributed by atoms with Gasteiger partial charge in [-0.1, -0.05) is 64.8 Å². The molecule has 11 nitrogen and oxygen atoms in total. The van der Waals surface area contributed by atoms with Gasteiger partial charge in [-0.25, -0.2) is 4.68 Å². The summed E-state index contributed by atoms with van der Waals surface area (Å²) in [5.74, 6) is -0.875. The van der Waals surface area contributed by atoms with Gasteiger partial charge in [-0.3, -0.25) is 19.4 Å². The van der Waals surface area contributed by atoms with Crippen LogP contribution in [-0.4, -0.2) is 65.8 Å². The second-order valence-electron chi connectivity index (χ2n) is 13.2. The molecule has 1 aliphatic heterocycles. The van der Waals surface area contributed by atoms with Crippen LogP contribution in [0.4, 0.5) is 5.69 Å². The molecular weight excluding hydrogens is 687 g/mol. The second-order valence-corrected chi connectivity index (χ2v) is 14.0. The average molecular weight is 722 g/mol. The number of likely N-dealkylation sites (tertiary alicyclic amines) is 1. The largest absolute Gasteiger partial charge is 0.349 e. The van der Waals surface area contributed by atoms with E-state index in [0.29, 0.717) is 59.3 Å². The molecule has 4 heterocycles. The fourth-order valence-corrected chi connectivity index (χ4v) is 7.68. The minimum Gasteiger partial charge on any atom is -0.349 e. The Balaban J connectivity index is 0.889. The summed E-state index contributed by atoms with van der Waals surface area (Å²) >= 11 is 12.3. The van der Waals surface area contributed by atoms with Gasteiger partial charge in [0.15, 0.2) is 0 Å². The molecule has 2 N–H and O–H groups in total. The molecule has 1 saturated carbocycles. The van der Waals surface area contributed by atoms with E-state index in [1.807, 2.05) is 30.5 Å². The molecule has 8 rings (SSSR count). The molecule has 3 aromatic heterocycles. The fourth-order valence-electron chi connectivity index (χ4n) is 7.23. The Kier molecular flexibility index (Phi) is 8.91. The van der Waals surface area contributed by atoms with Crippen molar-refractivity contribution in [3.05, 3.63) is 113 Å². The maximum absolute atomic E-state index is 13.6. The summed E-state index contributed by atoms with van der Waals surface area (Å²) in [6.07, 6.45) is 8.27. The zero-order valence-corrected chi connectivity index (χ0v) is 29.0. The lowest BCUT2D eigenvalue weighted by Crippen LogP contribution is -2.56. The minimum atomic E-state index is -0.584. The van der Waals surface area contributed by atoms with Gasteiger partial charge in [0.1, 0.15) is 11.7 Å². The van der Waals surface area contributed by atoms with Gasteiger partial charge in [0.25, 0.3) is 5.91 Å². The zero-order valence-electron chi connectivity index (χ0n) is 27.5. The van der Waals surface area contributed by atoms with E-state index in [1.165, 1.54) is 17.0 Å². The van der Waals surface area contributed by atoms with E-state index in [4.69, 9.17) is 23.2 Å². The Morgan fingerprint density at radius 2 is 1.63 bits per heavy atom. The molecule has 13 heteroatoms. The van der Waals surface area contributed by atoms with Crippen LogP contribution >= 0.6 is 23.2 Å². The highest BCUT2D eigenvalue weighted by Gasteiger charge is 2.41. The summed E-state index contributed by atoms with van der Waals surface area (Å²) in [5, 5.41) is 17.8. The zero-order chi connectivity index (χ0) is 35.1. The Morgan fingerprint density at radius 1 is 0.882 bits per heavy atom. The van der Waals surface area contributed by atoms with Crippen LogP contribution in [-0.2, 0) is 16.1 Å². The number of halogens is 2. The van der Waals surface area contributed by atoms with Crippen LogP contribution in [0.2, 0.25) is 10.0 Å². The SMILES string of the molecule is O=C(NC1CC(C(=O)N2CCCCC2C(=O)Nc2ccc(Cl)cc2Cl)C1)c1cncc(-n2cc(Cn3c4ccccc4c4ccccc43)nn2)c1. The van der Waals surface area contributed by atoms with E-state index in [1.54, 1.807) is 40.0 Å². The van der Waals surface area contributed by atoms with Crippen molar-refractivity contribution in [3.8, 4) is 5.69 Å². The Hall–Kier alpha value is -5.26. The molecule has 1 atom stereocenters. The first-order valence-electron chi connectivity index (χ1n) is 17.0. The number of aromatic nitrogens is 5. The Bertz CT molecular complexity index is 2240. The monoisotopic (exact) mass is 720 g/mol. The Labute approximate surface area is 303 Å². The Morgan fingerprint density at radius 3 is 2.37 bits per heavy atom. The van der Waals surface area contributed by atoms with Crippen LogP contribution in [0.1, 0.15) is 48.2 Å². The smallest absolute Gasteiger partial charge is 0.253 e. The number of hydrogen-bond acceptors (Lipinski definition) is 6. The molecule has 0 radical (unpaired) electrons. The number of piperidine rings is 1. The minimum absolute atomic E-state index is 0.0610. The average Bonchev–Trinajstić information content (AvgIpc) is 3.74. The van der Waals surface area contributed by atoms with Crippen molar-refractivity contribution in [2.75, 3.05) is 11.9 Å². The predicted molar refractivity (Wildman–Crippen MR) is 196 cm³/mol. The molecule has 2 aliphatic rings. The molecule has 1 unspecified atom stereocenters. The van der Waals surface area contributed by atoms with Crippen LogP contribution in [0.25, 0.3) is 27.5 Å². The van der Waals surface area contributed by atoms with Gasteiger partial charge in [-0.2, -0.15) is 0 Å². The van der Waals surface area contributed by atoms with Gasteiger partial charge in [-0.15, -0.1) is 5.10 Å². The van der Waals surface area contributed by atoms with Crippen molar-refractivity contribution in [1.82, 2.24) is 34.8 Å². The van der Waals surface area contributed by atoms with Gasteiger partial charge < -0.3 is 20.1 Å². The van der Waals surface area contributed by atoms with E-state index in [0.717, 1.165) is 29.6 Å². The lowest BCUT2D eigenvalue weighted by atomic mass is 9.78. The number of anilines is 1. The van der Waals surface area contributed by atoms with Crippen LogP contribution < -0.4 is 10.6 Å². The maximum Gasteiger partial charge on any atom is 0.253 e. The molecule has 0 spiro atoms. The van der Waals surface area contributed by atoms with Crippen molar-refractivity contribution in [2.45, 2.75) is 50.7 Å². The van der Waals surface area contributed by atoms with Crippen LogP contribution in [0.3, 0.4) is 0 Å². The maximum atomic E-state index is 13.6. The molecule has 1 saturated heterocycles. The van der Waals surface area contributed by atoms with Crippen molar-refractivity contribution in [2.24, 2.45) is 5.92 Å². The van der Waals surface area contributed by atoms with Gasteiger partial charge >= 0.3 is 0 Å². The third-order valence-electron chi connectivity index (χ3n) is 9.89. The molecule has 6 aromatic rings. The fraction of sp³-hybridized carbons (Fsp3) is 0.263. The van der Waals surface area contributed by atoms with Gasteiger partial charge in [0.2, 0.25) is 11.8 Å². The van der Waals surface area contributed by atoms with Crippen LogP contribution in [0.15, 0.2) is 91.4 Å². The molecular formula is C38H34Cl2N8O3. The number of benzene rings is 3. The van der Waals surface area contributed by atoms with Crippen molar-refractivity contribution < 1.29 is 14.4 Å². The number of pyridine rings is 1. The highest BCUT2D eigenvalue weighted by atomic mass is 35.5. The van der Waals surface area contributed by atoms with E-state index < -0.39 is 6.04 Å². The molecule has 1 aliphatic carbocycles. The summed E-state index contributed by atoms with van der Waals surface area (Å²) < 4.78 is 3.85. The number of hydrogen-bond donors (Lipinski definition) is 2. The second kappa shape index (κ2) is 13.8. The summed E-state index contributed by atoms with van der Waals surface area (Å²) in [7, 11) is 0. The summed E-state index contributed by atoms with van der Waals surface area (Å²) in [6.45, 7) is 1.04. The van der Waals surface area contributed by atoms with Crippen LogP contribution in [0, 0.1) is 5.92 Å². The third-order valence-corrected chi connectivity index (χ3v) is 10.4. The van der Waals surface area contributed by atoms with E-state index in [2.05, 4.69) is 54.8 Å². The number of nitrogens with zero attached hydrogens (tertiary/aromatic N) is 6. The van der Waals surface area contributed by atoms with E-state index in [-0.39, 0.29) is 29.7 Å². The first-order chi connectivity index (χ1) is 24.8. The molecule has 51 heavy (non-hydrogen) atoms. The number of amides is 3. The van der Waals surface area contributed by atoms with Gasteiger partial charge in [0.05, 0.1) is 40.9 Å².